The van der Waals surface area contributed by atoms with Crippen LogP contribution in [-0.2, 0) is 17.1 Å². The molecule has 0 aliphatic carbocycles. The highest BCUT2D eigenvalue weighted by molar-refractivity contribution is 7.89. The number of ether oxygens (including phenoxy) is 1. The molecule has 0 amide bonds. The molecule has 7 heteroatoms. The van der Waals surface area contributed by atoms with E-state index in [0.29, 0.717) is 6.61 Å². The van der Waals surface area contributed by atoms with Gasteiger partial charge in [0, 0.05) is 13.0 Å². The average molecular weight is 289 g/mol. The fourth-order valence-corrected chi connectivity index (χ4v) is 3.04. The van der Waals surface area contributed by atoms with Gasteiger partial charge in [-0.1, -0.05) is 13.3 Å². The van der Waals surface area contributed by atoms with E-state index in [4.69, 9.17) is 9.88 Å². The Kier molecular flexibility index (Phi) is 5.37. The van der Waals surface area contributed by atoms with Crippen LogP contribution in [0.2, 0.25) is 0 Å². The van der Waals surface area contributed by atoms with E-state index in [9.17, 15) is 8.42 Å². The summed E-state index contributed by atoms with van der Waals surface area (Å²) in [4.78, 5) is 0. The lowest BCUT2D eigenvalue weighted by Gasteiger charge is -2.16. The van der Waals surface area contributed by atoms with Gasteiger partial charge in [0.1, 0.15) is 5.69 Å². The Balaban J connectivity index is 2.71. The number of primary sulfonamides is 1. The molecule has 2 N–H and O–H groups in total. The van der Waals surface area contributed by atoms with Gasteiger partial charge in [-0.2, -0.15) is 5.10 Å². The molecule has 1 aromatic heterocycles. The highest BCUT2D eigenvalue weighted by Gasteiger charge is 2.18. The third kappa shape index (κ3) is 4.83. The molecule has 0 bridgehead atoms. The summed E-state index contributed by atoms with van der Waals surface area (Å²) in [6, 6.07) is 0. The van der Waals surface area contributed by atoms with Gasteiger partial charge in [-0.3, -0.25) is 4.68 Å². The van der Waals surface area contributed by atoms with E-state index in [1.165, 1.54) is 0 Å². The molecule has 0 spiro atoms. The highest BCUT2D eigenvalue weighted by Crippen LogP contribution is 2.22. The first-order chi connectivity index (χ1) is 8.74. The maximum absolute atomic E-state index is 11.2. The van der Waals surface area contributed by atoms with Crippen molar-refractivity contribution in [2.75, 3.05) is 12.4 Å². The molecule has 0 aliphatic heterocycles. The summed E-state index contributed by atoms with van der Waals surface area (Å²) in [6.45, 7) is 6.15. The molecule has 0 saturated heterocycles. The first-order valence-corrected chi connectivity index (χ1v) is 8.09. The number of hydrogen-bond acceptors (Lipinski definition) is 4. The van der Waals surface area contributed by atoms with Crippen LogP contribution in [0.15, 0.2) is 0 Å². The summed E-state index contributed by atoms with van der Waals surface area (Å²) >= 11 is 0. The van der Waals surface area contributed by atoms with Gasteiger partial charge < -0.3 is 4.74 Å². The van der Waals surface area contributed by atoms with Crippen molar-refractivity contribution in [3.05, 3.63) is 11.4 Å². The summed E-state index contributed by atoms with van der Waals surface area (Å²) in [5, 5.41) is 9.36. The number of aromatic nitrogens is 2. The van der Waals surface area contributed by atoms with E-state index in [-0.39, 0.29) is 11.7 Å². The molecule has 110 valence electrons. The second-order valence-corrected chi connectivity index (χ2v) is 6.58. The van der Waals surface area contributed by atoms with Crippen molar-refractivity contribution in [2.24, 2.45) is 18.1 Å². The number of rotatable bonds is 7. The zero-order chi connectivity index (χ0) is 14.6. The van der Waals surface area contributed by atoms with Crippen molar-refractivity contribution in [2.45, 2.75) is 33.6 Å². The molecule has 0 fully saturated rings. The van der Waals surface area contributed by atoms with E-state index in [2.05, 4.69) is 5.10 Å². The van der Waals surface area contributed by atoms with Crippen LogP contribution in [0.25, 0.3) is 0 Å². The van der Waals surface area contributed by atoms with E-state index < -0.39 is 10.0 Å². The molecule has 19 heavy (non-hydrogen) atoms. The summed E-state index contributed by atoms with van der Waals surface area (Å²) in [5.41, 5.74) is 1.74. The Labute approximate surface area is 115 Å². The van der Waals surface area contributed by atoms with Crippen molar-refractivity contribution in [1.82, 2.24) is 9.78 Å². The van der Waals surface area contributed by atoms with E-state index in [1.807, 2.05) is 27.8 Å². The van der Waals surface area contributed by atoms with Crippen LogP contribution in [0.4, 0.5) is 0 Å². The molecule has 0 aromatic carbocycles. The minimum Gasteiger partial charge on any atom is -0.489 e. The largest absolute Gasteiger partial charge is 0.489 e. The predicted octanol–water partition coefficient (Wildman–Crippen LogP) is 1.12. The van der Waals surface area contributed by atoms with Gasteiger partial charge in [0.25, 0.3) is 0 Å². The standard InChI is InChI=1S/C12H23N3O3S/c1-5-6-11(8-19(13,16)17)7-18-12-9(2)14-15(4)10(12)3/h11H,5-8H2,1-4H3,(H2,13,16,17). The molecule has 1 atom stereocenters. The quantitative estimate of drug-likeness (QED) is 0.815. The predicted molar refractivity (Wildman–Crippen MR) is 74.5 cm³/mol. The molecule has 1 rings (SSSR count). The first-order valence-electron chi connectivity index (χ1n) is 6.38. The topological polar surface area (TPSA) is 87.2 Å². The van der Waals surface area contributed by atoms with Crippen LogP contribution in [0.1, 0.15) is 31.2 Å². The Morgan fingerprint density at radius 2 is 2.05 bits per heavy atom. The first kappa shape index (κ1) is 16.0. The molecule has 1 heterocycles. The fraction of sp³-hybridized carbons (Fsp3) is 0.750. The minimum absolute atomic E-state index is 0.0425. The van der Waals surface area contributed by atoms with Crippen LogP contribution in [0.3, 0.4) is 0 Å². The van der Waals surface area contributed by atoms with Crippen LogP contribution < -0.4 is 9.88 Å². The lowest BCUT2D eigenvalue weighted by molar-refractivity contribution is 0.249. The molecular formula is C12H23N3O3S. The van der Waals surface area contributed by atoms with Crippen molar-refractivity contribution >= 4 is 10.0 Å². The Morgan fingerprint density at radius 3 is 2.47 bits per heavy atom. The maximum atomic E-state index is 11.2. The monoisotopic (exact) mass is 289 g/mol. The van der Waals surface area contributed by atoms with Gasteiger partial charge in [0.05, 0.1) is 18.1 Å². The Hall–Kier alpha value is -1.08. The maximum Gasteiger partial charge on any atom is 0.209 e. The Bertz CT molecular complexity index is 523. The molecular weight excluding hydrogens is 266 g/mol. The fourth-order valence-electron chi connectivity index (χ4n) is 2.12. The zero-order valence-electron chi connectivity index (χ0n) is 12.0. The van der Waals surface area contributed by atoms with Gasteiger partial charge >= 0.3 is 0 Å². The molecule has 6 nitrogen and oxygen atoms in total. The van der Waals surface area contributed by atoms with Gasteiger partial charge in [-0.15, -0.1) is 0 Å². The SMILES string of the molecule is CCCC(COc1c(C)nn(C)c1C)CS(N)(=O)=O. The van der Waals surface area contributed by atoms with Gasteiger partial charge in [0.2, 0.25) is 10.0 Å². The van der Waals surface area contributed by atoms with Crippen LogP contribution in [0.5, 0.6) is 5.75 Å². The summed E-state index contributed by atoms with van der Waals surface area (Å²) in [6.07, 6.45) is 1.67. The smallest absolute Gasteiger partial charge is 0.209 e. The number of nitrogens with zero attached hydrogens (tertiary/aromatic N) is 2. The molecule has 0 aliphatic rings. The van der Waals surface area contributed by atoms with Gasteiger partial charge in [0.15, 0.2) is 5.75 Å². The number of nitrogens with two attached hydrogens (primary N) is 1. The molecule has 0 saturated carbocycles. The van der Waals surface area contributed by atoms with Crippen LogP contribution >= 0.6 is 0 Å². The summed E-state index contributed by atoms with van der Waals surface area (Å²) < 4.78 is 29.8. The second kappa shape index (κ2) is 6.38. The summed E-state index contributed by atoms with van der Waals surface area (Å²) in [7, 11) is -1.62. The van der Waals surface area contributed by atoms with E-state index >= 15 is 0 Å². The lowest BCUT2D eigenvalue weighted by Crippen LogP contribution is -2.27. The summed E-state index contributed by atoms with van der Waals surface area (Å²) in [5.74, 6) is 0.608. The highest BCUT2D eigenvalue weighted by atomic mass is 32.2. The molecule has 1 aromatic rings. The normalized spacial score (nSPS) is 13.5. The Morgan fingerprint density at radius 1 is 1.42 bits per heavy atom. The average Bonchev–Trinajstić information content (AvgIpc) is 2.49. The van der Waals surface area contributed by atoms with Crippen LogP contribution in [-0.4, -0.2) is 30.6 Å². The van der Waals surface area contributed by atoms with Crippen molar-refractivity contribution < 1.29 is 13.2 Å². The van der Waals surface area contributed by atoms with Crippen molar-refractivity contribution in [1.29, 1.82) is 0 Å². The lowest BCUT2D eigenvalue weighted by atomic mass is 10.1. The van der Waals surface area contributed by atoms with E-state index in [0.717, 1.165) is 30.0 Å². The molecule has 0 radical (unpaired) electrons. The van der Waals surface area contributed by atoms with Crippen molar-refractivity contribution in [3.8, 4) is 5.75 Å². The minimum atomic E-state index is -3.47. The van der Waals surface area contributed by atoms with Crippen molar-refractivity contribution in [3.63, 3.8) is 0 Å². The van der Waals surface area contributed by atoms with Gasteiger partial charge in [-0.25, -0.2) is 13.6 Å². The van der Waals surface area contributed by atoms with Crippen LogP contribution in [0, 0.1) is 19.8 Å². The van der Waals surface area contributed by atoms with E-state index in [1.54, 1.807) is 4.68 Å². The third-order valence-electron chi connectivity index (χ3n) is 3.07. The van der Waals surface area contributed by atoms with Gasteiger partial charge in [-0.05, 0) is 20.3 Å². The zero-order valence-corrected chi connectivity index (χ0v) is 12.8. The number of aryl methyl sites for hydroxylation is 2. The third-order valence-corrected chi connectivity index (χ3v) is 4.01. The molecule has 1 unspecified atom stereocenters. The number of hydrogen-bond donors (Lipinski definition) is 1. The second-order valence-electron chi connectivity index (χ2n) is 4.92. The number of sulfonamides is 1.